The Morgan fingerprint density at radius 3 is 2.58 bits per heavy atom. The number of hydrogen-bond donors (Lipinski definition) is 1. The Hall–Kier alpha value is -1.65. The summed E-state index contributed by atoms with van der Waals surface area (Å²) >= 11 is 0. The van der Waals surface area contributed by atoms with Crippen molar-refractivity contribution in [3.05, 3.63) is 17.5 Å². The van der Waals surface area contributed by atoms with Crippen LogP contribution < -0.4 is 4.90 Å². The van der Waals surface area contributed by atoms with Crippen molar-refractivity contribution in [1.29, 1.82) is 0 Å². The quantitative estimate of drug-likeness (QED) is 0.907. The third-order valence-electron chi connectivity index (χ3n) is 4.17. The largest absolute Gasteiger partial charge is 0.477 e. The molecule has 5 nitrogen and oxygen atoms in total. The molecule has 0 aliphatic carbocycles. The van der Waals surface area contributed by atoms with E-state index in [9.17, 15) is 4.79 Å². The van der Waals surface area contributed by atoms with Crippen molar-refractivity contribution in [1.82, 2.24) is 9.97 Å². The van der Waals surface area contributed by atoms with Crippen molar-refractivity contribution >= 4 is 11.9 Å². The summed E-state index contributed by atoms with van der Waals surface area (Å²) in [6.07, 6.45) is 3.38. The van der Waals surface area contributed by atoms with Gasteiger partial charge < -0.3 is 10.0 Å². The summed E-state index contributed by atoms with van der Waals surface area (Å²) in [6.45, 7) is 8.13. The molecular formula is C14H21N3O2. The monoisotopic (exact) mass is 263 g/mol. The Morgan fingerprint density at radius 1 is 1.42 bits per heavy atom. The van der Waals surface area contributed by atoms with Crippen LogP contribution in [0.4, 0.5) is 5.95 Å². The van der Waals surface area contributed by atoms with Crippen molar-refractivity contribution in [2.24, 2.45) is 5.41 Å². The Labute approximate surface area is 113 Å². The number of aromatic nitrogens is 2. The van der Waals surface area contributed by atoms with E-state index in [1.165, 1.54) is 12.5 Å². The van der Waals surface area contributed by atoms with Crippen LogP contribution in [0.1, 0.15) is 49.3 Å². The zero-order chi connectivity index (χ0) is 14.0. The van der Waals surface area contributed by atoms with Gasteiger partial charge >= 0.3 is 5.97 Å². The highest BCUT2D eigenvalue weighted by atomic mass is 16.4. The lowest BCUT2D eigenvalue weighted by Crippen LogP contribution is -2.39. The fraction of sp³-hybridized carbons (Fsp3) is 0.643. The molecular weight excluding hydrogens is 242 g/mol. The standard InChI is InChI=1S/C14H21N3O2/c1-4-14(3)5-7-17(8-6-14)13-15-10(2)9-11(16-13)12(18)19/h9H,4-8H2,1-3H3,(H,18,19). The summed E-state index contributed by atoms with van der Waals surface area (Å²) in [6, 6.07) is 1.51. The average molecular weight is 263 g/mol. The molecule has 104 valence electrons. The highest BCUT2D eigenvalue weighted by Gasteiger charge is 2.29. The normalized spacial score (nSPS) is 18.4. The smallest absolute Gasteiger partial charge is 0.354 e. The van der Waals surface area contributed by atoms with Crippen molar-refractivity contribution in [3.63, 3.8) is 0 Å². The summed E-state index contributed by atoms with van der Waals surface area (Å²) in [5.41, 5.74) is 1.17. The van der Waals surface area contributed by atoms with Gasteiger partial charge in [0.05, 0.1) is 0 Å². The number of hydrogen-bond acceptors (Lipinski definition) is 4. The van der Waals surface area contributed by atoms with Crippen LogP contribution in [0.3, 0.4) is 0 Å². The number of piperidine rings is 1. The van der Waals surface area contributed by atoms with Crippen LogP contribution in [0.15, 0.2) is 6.07 Å². The second-order valence-corrected chi connectivity index (χ2v) is 5.65. The third kappa shape index (κ3) is 3.03. The highest BCUT2D eigenvalue weighted by molar-refractivity contribution is 5.85. The molecule has 0 unspecified atom stereocenters. The van der Waals surface area contributed by atoms with E-state index in [0.29, 0.717) is 17.1 Å². The first-order valence-corrected chi connectivity index (χ1v) is 6.77. The maximum atomic E-state index is 11.0. The van der Waals surface area contributed by atoms with Crippen LogP contribution in [0.5, 0.6) is 0 Å². The van der Waals surface area contributed by atoms with Gasteiger partial charge in [-0.1, -0.05) is 20.3 Å². The Morgan fingerprint density at radius 2 is 2.05 bits per heavy atom. The molecule has 1 aliphatic heterocycles. The molecule has 1 saturated heterocycles. The molecule has 0 spiro atoms. The lowest BCUT2D eigenvalue weighted by molar-refractivity contribution is 0.0690. The summed E-state index contributed by atoms with van der Waals surface area (Å²) in [4.78, 5) is 21.6. The van der Waals surface area contributed by atoms with E-state index in [0.717, 1.165) is 25.9 Å². The molecule has 1 aromatic heterocycles. The topological polar surface area (TPSA) is 66.3 Å². The Kier molecular flexibility index (Phi) is 3.73. The average Bonchev–Trinajstić information content (AvgIpc) is 2.39. The minimum atomic E-state index is -0.998. The van der Waals surface area contributed by atoms with Crippen LogP contribution in [0.2, 0.25) is 0 Å². The van der Waals surface area contributed by atoms with Gasteiger partial charge in [-0.05, 0) is 31.2 Å². The minimum absolute atomic E-state index is 0.0753. The zero-order valence-corrected chi connectivity index (χ0v) is 11.8. The predicted octanol–water partition coefficient (Wildman–Crippen LogP) is 2.50. The van der Waals surface area contributed by atoms with E-state index < -0.39 is 5.97 Å². The molecule has 2 rings (SSSR count). The number of aryl methyl sites for hydroxylation is 1. The third-order valence-corrected chi connectivity index (χ3v) is 4.17. The Balaban J connectivity index is 2.17. The molecule has 0 aromatic carbocycles. The van der Waals surface area contributed by atoms with Crippen LogP contribution in [0.25, 0.3) is 0 Å². The summed E-state index contributed by atoms with van der Waals surface area (Å²) in [5, 5.41) is 9.04. The highest BCUT2D eigenvalue weighted by Crippen LogP contribution is 2.34. The van der Waals surface area contributed by atoms with Gasteiger partial charge in [0.2, 0.25) is 5.95 Å². The number of carboxylic acid groups (broad SMARTS) is 1. The van der Waals surface area contributed by atoms with Crippen molar-refractivity contribution in [2.75, 3.05) is 18.0 Å². The molecule has 2 heterocycles. The zero-order valence-electron chi connectivity index (χ0n) is 11.8. The first-order chi connectivity index (χ1) is 8.93. The summed E-state index contributed by atoms with van der Waals surface area (Å²) in [7, 11) is 0. The van der Waals surface area contributed by atoms with Crippen LogP contribution >= 0.6 is 0 Å². The minimum Gasteiger partial charge on any atom is -0.477 e. The maximum Gasteiger partial charge on any atom is 0.354 e. The van der Waals surface area contributed by atoms with Crippen molar-refractivity contribution in [3.8, 4) is 0 Å². The van der Waals surface area contributed by atoms with E-state index in [1.807, 2.05) is 0 Å². The van der Waals surface area contributed by atoms with Gasteiger partial charge in [0, 0.05) is 18.8 Å². The van der Waals surface area contributed by atoms with Crippen LogP contribution in [-0.4, -0.2) is 34.1 Å². The molecule has 0 bridgehead atoms. The van der Waals surface area contributed by atoms with Gasteiger partial charge in [-0.3, -0.25) is 0 Å². The van der Waals surface area contributed by atoms with Gasteiger partial charge in [0.1, 0.15) is 0 Å². The first kappa shape index (κ1) is 13.8. The van der Waals surface area contributed by atoms with Crippen molar-refractivity contribution < 1.29 is 9.90 Å². The molecule has 5 heteroatoms. The van der Waals surface area contributed by atoms with E-state index in [1.54, 1.807) is 6.92 Å². The molecule has 1 aromatic rings. The number of aromatic carboxylic acids is 1. The van der Waals surface area contributed by atoms with E-state index in [4.69, 9.17) is 5.11 Å². The first-order valence-electron chi connectivity index (χ1n) is 6.77. The molecule has 0 radical (unpaired) electrons. The fourth-order valence-corrected chi connectivity index (χ4v) is 2.40. The van der Waals surface area contributed by atoms with E-state index in [-0.39, 0.29) is 5.69 Å². The molecule has 1 fully saturated rings. The van der Waals surface area contributed by atoms with Crippen LogP contribution in [0, 0.1) is 12.3 Å². The van der Waals surface area contributed by atoms with Crippen molar-refractivity contribution in [2.45, 2.75) is 40.0 Å². The van der Waals surface area contributed by atoms with Gasteiger partial charge in [-0.15, -0.1) is 0 Å². The lowest BCUT2D eigenvalue weighted by Gasteiger charge is -2.38. The molecule has 0 saturated carbocycles. The van der Waals surface area contributed by atoms with Crippen LogP contribution in [-0.2, 0) is 0 Å². The van der Waals surface area contributed by atoms with E-state index in [2.05, 4.69) is 28.7 Å². The number of anilines is 1. The van der Waals surface area contributed by atoms with Gasteiger partial charge in [0.15, 0.2) is 5.69 Å². The van der Waals surface area contributed by atoms with E-state index >= 15 is 0 Å². The molecule has 19 heavy (non-hydrogen) atoms. The molecule has 1 aliphatic rings. The summed E-state index contributed by atoms with van der Waals surface area (Å²) < 4.78 is 0. The molecule has 0 atom stereocenters. The second-order valence-electron chi connectivity index (χ2n) is 5.65. The number of rotatable bonds is 3. The SMILES string of the molecule is CCC1(C)CCN(c2nc(C)cc(C(=O)O)n2)CC1. The van der Waals surface area contributed by atoms with Gasteiger partial charge in [-0.25, -0.2) is 14.8 Å². The number of carbonyl (C=O) groups is 1. The molecule has 0 amide bonds. The Bertz CT molecular complexity index is 480. The summed E-state index contributed by atoms with van der Waals surface area (Å²) in [5.74, 6) is -0.447. The predicted molar refractivity (Wildman–Crippen MR) is 73.6 cm³/mol. The maximum absolute atomic E-state index is 11.0. The second kappa shape index (κ2) is 5.15. The number of nitrogens with zero attached hydrogens (tertiary/aromatic N) is 3. The fourth-order valence-electron chi connectivity index (χ4n) is 2.40. The van der Waals surface area contributed by atoms with Gasteiger partial charge in [0.25, 0.3) is 0 Å². The lowest BCUT2D eigenvalue weighted by atomic mass is 9.78. The van der Waals surface area contributed by atoms with Gasteiger partial charge in [-0.2, -0.15) is 0 Å². The molecule has 1 N–H and O–H groups in total. The number of carboxylic acids is 1.